The second kappa shape index (κ2) is 7.24. The molecule has 14 heavy (non-hydrogen) atoms. The van der Waals surface area contributed by atoms with Crippen LogP contribution in [-0.4, -0.2) is 23.9 Å². The Labute approximate surface area is 87.7 Å². The number of hydrogen-bond acceptors (Lipinski definition) is 2. The molecule has 0 saturated carbocycles. The molecule has 1 heterocycles. The van der Waals surface area contributed by atoms with Gasteiger partial charge in [-0.3, -0.25) is 0 Å². The van der Waals surface area contributed by atoms with Gasteiger partial charge in [0.15, 0.2) is 0 Å². The van der Waals surface area contributed by atoms with Crippen molar-refractivity contribution in [2.24, 2.45) is 0 Å². The molecule has 0 aliphatic carbocycles. The number of ether oxygens (including phenoxy) is 1. The van der Waals surface area contributed by atoms with E-state index in [9.17, 15) is 0 Å². The van der Waals surface area contributed by atoms with Crippen molar-refractivity contribution < 1.29 is 9.84 Å². The van der Waals surface area contributed by atoms with Crippen LogP contribution in [0.5, 0.6) is 0 Å². The lowest BCUT2D eigenvalue weighted by atomic mass is 10.1. The Morgan fingerprint density at radius 1 is 0.929 bits per heavy atom. The molecule has 2 heteroatoms. The smallest absolute Gasteiger partial charge is 0.0841 e. The predicted octanol–water partition coefficient (Wildman–Crippen LogP) is 2.89. The number of unbranched alkanes of at least 4 members (excludes halogenated alkanes) is 4. The number of aliphatic hydroxyl groups excluding tert-OH is 1. The van der Waals surface area contributed by atoms with Gasteiger partial charge in [-0.1, -0.05) is 32.6 Å². The van der Waals surface area contributed by atoms with Crippen molar-refractivity contribution in [1.82, 2.24) is 0 Å². The van der Waals surface area contributed by atoms with Gasteiger partial charge in [0.05, 0.1) is 12.2 Å². The molecule has 0 aromatic carbocycles. The summed E-state index contributed by atoms with van der Waals surface area (Å²) in [5.74, 6) is 0. The highest BCUT2D eigenvalue weighted by atomic mass is 16.6. The molecular formula is C12H24O2. The van der Waals surface area contributed by atoms with Gasteiger partial charge in [-0.05, 0) is 25.7 Å². The molecule has 1 rings (SSSR count). The average molecular weight is 200 g/mol. The van der Waals surface area contributed by atoms with Gasteiger partial charge >= 0.3 is 0 Å². The topological polar surface area (TPSA) is 32.8 Å². The summed E-state index contributed by atoms with van der Waals surface area (Å²) in [7, 11) is 0. The summed E-state index contributed by atoms with van der Waals surface area (Å²) in [4.78, 5) is 0. The molecule has 84 valence electrons. The molecule has 2 nitrogen and oxygen atoms in total. The first kappa shape index (κ1) is 12.0. The molecule has 1 saturated heterocycles. The summed E-state index contributed by atoms with van der Waals surface area (Å²) >= 11 is 0. The molecule has 0 aromatic rings. The van der Waals surface area contributed by atoms with Crippen LogP contribution in [0.4, 0.5) is 0 Å². The van der Waals surface area contributed by atoms with Crippen molar-refractivity contribution >= 4 is 0 Å². The van der Waals surface area contributed by atoms with Gasteiger partial charge in [0.25, 0.3) is 0 Å². The first-order chi connectivity index (χ1) is 6.88. The van der Waals surface area contributed by atoms with Gasteiger partial charge in [-0.25, -0.2) is 0 Å². The maximum absolute atomic E-state index is 8.63. The first-order valence-electron chi connectivity index (χ1n) is 6.14. The summed E-state index contributed by atoms with van der Waals surface area (Å²) in [6.45, 7) is 2.57. The van der Waals surface area contributed by atoms with Crippen LogP contribution in [0, 0.1) is 0 Å². The molecule has 1 aliphatic rings. The second-order valence-corrected chi connectivity index (χ2v) is 4.28. The van der Waals surface area contributed by atoms with Crippen LogP contribution in [0.15, 0.2) is 0 Å². The second-order valence-electron chi connectivity index (χ2n) is 4.28. The van der Waals surface area contributed by atoms with Gasteiger partial charge < -0.3 is 9.84 Å². The van der Waals surface area contributed by atoms with Crippen LogP contribution in [0.1, 0.15) is 58.3 Å². The monoisotopic (exact) mass is 200 g/mol. The van der Waals surface area contributed by atoms with E-state index in [1.54, 1.807) is 0 Å². The molecule has 0 aromatic heterocycles. The summed E-state index contributed by atoms with van der Waals surface area (Å²) in [6, 6.07) is 0. The Kier molecular flexibility index (Phi) is 6.20. The van der Waals surface area contributed by atoms with E-state index in [4.69, 9.17) is 9.84 Å². The molecule has 1 aliphatic heterocycles. The minimum Gasteiger partial charge on any atom is -0.396 e. The van der Waals surface area contributed by atoms with Crippen molar-refractivity contribution in [3.8, 4) is 0 Å². The lowest BCUT2D eigenvalue weighted by Crippen LogP contribution is -1.95. The third-order valence-corrected chi connectivity index (χ3v) is 2.93. The number of aliphatic hydroxyl groups is 1. The van der Waals surface area contributed by atoms with Crippen molar-refractivity contribution in [2.75, 3.05) is 6.61 Å². The van der Waals surface area contributed by atoms with Crippen LogP contribution in [0.25, 0.3) is 0 Å². The molecule has 2 atom stereocenters. The van der Waals surface area contributed by atoms with Crippen LogP contribution >= 0.6 is 0 Å². The van der Waals surface area contributed by atoms with E-state index in [1.807, 2.05) is 0 Å². The lowest BCUT2D eigenvalue weighted by molar-refractivity contribution is 0.278. The quantitative estimate of drug-likeness (QED) is 0.458. The highest BCUT2D eigenvalue weighted by Gasteiger charge is 2.36. The predicted molar refractivity (Wildman–Crippen MR) is 58.4 cm³/mol. The van der Waals surface area contributed by atoms with E-state index in [-0.39, 0.29) is 0 Å². The molecule has 0 amide bonds. The fraction of sp³-hybridized carbons (Fsp3) is 1.00. The van der Waals surface area contributed by atoms with E-state index in [2.05, 4.69) is 6.92 Å². The fourth-order valence-corrected chi connectivity index (χ4v) is 1.92. The van der Waals surface area contributed by atoms with E-state index in [1.165, 1.54) is 32.1 Å². The number of hydrogen-bond donors (Lipinski definition) is 1. The Morgan fingerprint density at radius 3 is 2.14 bits per heavy atom. The van der Waals surface area contributed by atoms with Gasteiger partial charge in [0.1, 0.15) is 0 Å². The van der Waals surface area contributed by atoms with Crippen LogP contribution < -0.4 is 0 Å². The van der Waals surface area contributed by atoms with Crippen molar-refractivity contribution in [2.45, 2.75) is 70.5 Å². The van der Waals surface area contributed by atoms with Crippen LogP contribution in [-0.2, 0) is 4.74 Å². The molecule has 2 unspecified atom stereocenters. The molecular weight excluding hydrogens is 176 g/mol. The number of epoxide rings is 1. The fourth-order valence-electron chi connectivity index (χ4n) is 1.92. The minimum absolute atomic E-state index is 0.327. The standard InChI is InChI=1S/C12H24O2/c1-2-3-4-5-8-11-12(14-11)9-6-7-10-13/h11-13H,2-10H2,1H3. The zero-order valence-electron chi connectivity index (χ0n) is 9.37. The zero-order valence-corrected chi connectivity index (χ0v) is 9.37. The van der Waals surface area contributed by atoms with Gasteiger partial charge in [-0.2, -0.15) is 0 Å². The van der Waals surface area contributed by atoms with E-state index in [0.29, 0.717) is 18.8 Å². The highest BCUT2D eigenvalue weighted by Crippen LogP contribution is 2.31. The van der Waals surface area contributed by atoms with Gasteiger partial charge in [0.2, 0.25) is 0 Å². The summed E-state index contributed by atoms with van der Waals surface area (Å²) in [5, 5.41) is 8.63. The molecule has 0 bridgehead atoms. The van der Waals surface area contributed by atoms with Crippen molar-refractivity contribution in [1.29, 1.82) is 0 Å². The zero-order chi connectivity index (χ0) is 10.2. The van der Waals surface area contributed by atoms with Crippen LogP contribution in [0.3, 0.4) is 0 Å². The summed E-state index contributed by atoms with van der Waals surface area (Å²) < 4.78 is 5.56. The maximum atomic E-state index is 8.63. The molecule has 1 fully saturated rings. The third-order valence-electron chi connectivity index (χ3n) is 2.93. The SMILES string of the molecule is CCCCCCC1OC1CCCCO. The largest absolute Gasteiger partial charge is 0.396 e. The maximum Gasteiger partial charge on any atom is 0.0841 e. The summed E-state index contributed by atoms with van der Waals surface area (Å²) in [6.07, 6.45) is 10.9. The average Bonchev–Trinajstić information content (AvgIpc) is 2.92. The third kappa shape index (κ3) is 4.97. The number of rotatable bonds is 9. The van der Waals surface area contributed by atoms with Crippen molar-refractivity contribution in [3.63, 3.8) is 0 Å². The molecule has 0 radical (unpaired) electrons. The summed E-state index contributed by atoms with van der Waals surface area (Å²) in [5.41, 5.74) is 0. The van der Waals surface area contributed by atoms with E-state index in [0.717, 1.165) is 19.3 Å². The van der Waals surface area contributed by atoms with Crippen LogP contribution in [0.2, 0.25) is 0 Å². The molecule has 1 N–H and O–H groups in total. The highest BCUT2D eigenvalue weighted by molar-refractivity contribution is 4.84. The first-order valence-corrected chi connectivity index (χ1v) is 6.14. The lowest BCUT2D eigenvalue weighted by Gasteiger charge is -1.96. The van der Waals surface area contributed by atoms with Crippen molar-refractivity contribution in [3.05, 3.63) is 0 Å². The van der Waals surface area contributed by atoms with Gasteiger partial charge in [-0.15, -0.1) is 0 Å². The normalized spacial score (nSPS) is 25.3. The Bertz CT molecular complexity index is 136. The van der Waals surface area contributed by atoms with E-state index >= 15 is 0 Å². The minimum atomic E-state index is 0.327. The van der Waals surface area contributed by atoms with Gasteiger partial charge in [0, 0.05) is 6.61 Å². The Hall–Kier alpha value is -0.0800. The Morgan fingerprint density at radius 2 is 1.57 bits per heavy atom. The Balaban J connectivity index is 1.82. The molecule has 0 spiro atoms. The van der Waals surface area contributed by atoms with E-state index < -0.39 is 0 Å².